The first-order valence-electron chi connectivity index (χ1n) is 9.06. The Morgan fingerprint density at radius 1 is 1.04 bits per heavy atom. The maximum Gasteiger partial charge on any atom is 0.251 e. The summed E-state index contributed by atoms with van der Waals surface area (Å²) in [6.07, 6.45) is 4.10. The monoisotopic (exact) mass is 357 g/mol. The van der Waals surface area contributed by atoms with Gasteiger partial charge in [-0.05, 0) is 73.9 Å². The molecule has 0 aliphatic heterocycles. The van der Waals surface area contributed by atoms with Gasteiger partial charge in [-0.3, -0.25) is 4.79 Å². The summed E-state index contributed by atoms with van der Waals surface area (Å²) in [4.78, 5) is 12.1. The second-order valence-electron chi connectivity index (χ2n) is 6.89. The van der Waals surface area contributed by atoms with Crippen LogP contribution in [-0.4, -0.2) is 24.2 Å². The van der Waals surface area contributed by atoms with E-state index >= 15 is 0 Å². The van der Waals surface area contributed by atoms with E-state index in [2.05, 4.69) is 5.32 Å². The molecule has 0 bridgehead atoms. The average Bonchev–Trinajstić information content (AvgIpc) is 2.67. The Labute approximate surface area is 153 Å². The molecule has 2 N–H and O–H groups in total. The first-order chi connectivity index (χ1) is 12.6. The molecule has 2 aromatic carbocycles. The van der Waals surface area contributed by atoms with Gasteiger partial charge in [0.25, 0.3) is 5.91 Å². The zero-order valence-electron chi connectivity index (χ0n) is 14.7. The first kappa shape index (κ1) is 18.2. The number of ether oxygens (including phenoxy) is 1. The molecule has 0 radical (unpaired) electrons. The maximum atomic E-state index is 13.6. The van der Waals surface area contributed by atoms with Crippen molar-refractivity contribution in [1.29, 1.82) is 0 Å². The SMILES string of the molecule is O=C(NCC1CCC(COc2ccccc2F)CC1)c1ccc(O)cc1. The van der Waals surface area contributed by atoms with E-state index in [1.54, 1.807) is 30.3 Å². The molecule has 1 aliphatic carbocycles. The highest BCUT2D eigenvalue weighted by molar-refractivity contribution is 5.94. The average molecular weight is 357 g/mol. The van der Waals surface area contributed by atoms with Crippen LogP contribution in [0.5, 0.6) is 11.5 Å². The van der Waals surface area contributed by atoms with Gasteiger partial charge in [0.05, 0.1) is 6.61 Å². The number of para-hydroxylation sites is 1. The van der Waals surface area contributed by atoms with Gasteiger partial charge in [-0.25, -0.2) is 4.39 Å². The van der Waals surface area contributed by atoms with Crippen LogP contribution in [0.25, 0.3) is 0 Å². The number of nitrogens with one attached hydrogen (secondary N) is 1. The highest BCUT2D eigenvalue weighted by atomic mass is 19.1. The Bertz CT molecular complexity index is 724. The van der Waals surface area contributed by atoms with E-state index < -0.39 is 0 Å². The second kappa shape index (κ2) is 8.70. The van der Waals surface area contributed by atoms with Crippen LogP contribution in [0.4, 0.5) is 4.39 Å². The zero-order chi connectivity index (χ0) is 18.4. The van der Waals surface area contributed by atoms with E-state index in [4.69, 9.17) is 4.74 Å². The van der Waals surface area contributed by atoms with E-state index in [0.717, 1.165) is 25.7 Å². The zero-order valence-corrected chi connectivity index (χ0v) is 14.7. The number of aromatic hydroxyl groups is 1. The van der Waals surface area contributed by atoms with Gasteiger partial charge in [0.1, 0.15) is 5.75 Å². The summed E-state index contributed by atoms with van der Waals surface area (Å²) in [5.41, 5.74) is 0.551. The van der Waals surface area contributed by atoms with Crippen LogP contribution in [0, 0.1) is 17.7 Å². The molecule has 0 spiro atoms. The summed E-state index contributed by atoms with van der Waals surface area (Å²) in [5, 5.41) is 12.2. The molecule has 1 amide bonds. The van der Waals surface area contributed by atoms with Crippen LogP contribution in [0.2, 0.25) is 0 Å². The Morgan fingerprint density at radius 3 is 2.38 bits per heavy atom. The Hall–Kier alpha value is -2.56. The van der Waals surface area contributed by atoms with Crippen molar-refractivity contribution in [3.05, 3.63) is 59.9 Å². The van der Waals surface area contributed by atoms with Crippen molar-refractivity contribution in [3.8, 4) is 11.5 Å². The van der Waals surface area contributed by atoms with Crippen LogP contribution in [0.15, 0.2) is 48.5 Å². The highest BCUT2D eigenvalue weighted by Crippen LogP contribution is 2.29. The van der Waals surface area contributed by atoms with Gasteiger partial charge in [0, 0.05) is 12.1 Å². The lowest BCUT2D eigenvalue weighted by Gasteiger charge is -2.28. The second-order valence-corrected chi connectivity index (χ2v) is 6.89. The van der Waals surface area contributed by atoms with E-state index in [1.165, 1.54) is 18.2 Å². The van der Waals surface area contributed by atoms with Crippen molar-refractivity contribution in [2.75, 3.05) is 13.2 Å². The summed E-state index contributed by atoms with van der Waals surface area (Å²) in [5.74, 6) is 0.917. The molecule has 0 saturated heterocycles. The van der Waals surface area contributed by atoms with Gasteiger partial charge < -0.3 is 15.2 Å². The van der Waals surface area contributed by atoms with E-state index in [1.807, 2.05) is 0 Å². The lowest BCUT2D eigenvalue weighted by atomic mass is 9.82. The minimum Gasteiger partial charge on any atom is -0.508 e. The van der Waals surface area contributed by atoms with E-state index in [-0.39, 0.29) is 17.5 Å². The molecule has 26 heavy (non-hydrogen) atoms. The Kier molecular flexibility index (Phi) is 6.10. The summed E-state index contributed by atoms with van der Waals surface area (Å²) in [6.45, 7) is 1.19. The van der Waals surface area contributed by atoms with Gasteiger partial charge in [-0.1, -0.05) is 12.1 Å². The third kappa shape index (κ3) is 4.97. The predicted molar refractivity (Wildman–Crippen MR) is 97.8 cm³/mol. The molecule has 2 aromatic rings. The summed E-state index contributed by atoms with van der Waals surface area (Å²) in [6, 6.07) is 12.7. The normalized spacial score (nSPS) is 19.7. The molecule has 138 valence electrons. The van der Waals surface area contributed by atoms with Gasteiger partial charge in [0.15, 0.2) is 11.6 Å². The lowest BCUT2D eigenvalue weighted by Crippen LogP contribution is -2.32. The van der Waals surface area contributed by atoms with Gasteiger partial charge >= 0.3 is 0 Å². The van der Waals surface area contributed by atoms with Crippen molar-refractivity contribution in [2.24, 2.45) is 11.8 Å². The largest absolute Gasteiger partial charge is 0.508 e. The number of carbonyl (C=O) groups is 1. The standard InChI is InChI=1S/C21H24FNO3/c22-19-3-1-2-4-20(19)26-14-16-7-5-15(6-8-16)13-23-21(25)17-9-11-18(24)12-10-17/h1-4,9-12,15-16,24H,5-8,13-14H2,(H,23,25). The summed E-state index contributed by atoms with van der Waals surface area (Å²) >= 11 is 0. The first-order valence-corrected chi connectivity index (χ1v) is 9.06. The van der Waals surface area contributed by atoms with Crippen LogP contribution in [0.1, 0.15) is 36.0 Å². The number of phenolic OH excluding ortho intramolecular Hbond substituents is 1. The third-order valence-electron chi connectivity index (χ3n) is 4.96. The van der Waals surface area contributed by atoms with Crippen molar-refractivity contribution < 1.29 is 19.0 Å². The number of hydrogen-bond acceptors (Lipinski definition) is 3. The quantitative estimate of drug-likeness (QED) is 0.817. The van der Waals surface area contributed by atoms with Crippen LogP contribution < -0.4 is 10.1 Å². The van der Waals surface area contributed by atoms with Crippen LogP contribution >= 0.6 is 0 Å². The van der Waals surface area contributed by atoms with Crippen LogP contribution in [-0.2, 0) is 0 Å². The van der Waals surface area contributed by atoms with Crippen LogP contribution in [0.3, 0.4) is 0 Å². The molecule has 4 nitrogen and oxygen atoms in total. The smallest absolute Gasteiger partial charge is 0.251 e. The minimum absolute atomic E-state index is 0.116. The molecule has 0 heterocycles. The molecule has 0 atom stereocenters. The number of phenols is 1. The number of carbonyl (C=O) groups excluding carboxylic acids is 1. The van der Waals surface area contributed by atoms with Gasteiger partial charge in [-0.15, -0.1) is 0 Å². The molecule has 3 rings (SSSR count). The molecule has 1 aliphatic rings. The molecule has 0 unspecified atom stereocenters. The fourth-order valence-corrected chi connectivity index (χ4v) is 3.32. The molecule has 1 fully saturated rings. The van der Waals surface area contributed by atoms with Crippen molar-refractivity contribution in [3.63, 3.8) is 0 Å². The van der Waals surface area contributed by atoms with Crippen molar-refractivity contribution >= 4 is 5.91 Å². The molecular formula is C21H24FNO3. The summed E-state index contributed by atoms with van der Waals surface area (Å²) in [7, 11) is 0. The molecule has 1 saturated carbocycles. The highest BCUT2D eigenvalue weighted by Gasteiger charge is 2.22. The third-order valence-corrected chi connectivity index (χ3v) is 4.96. The fourth-order valence-electron chi connectivity index (χ4n) is 3.32. The molecule has 5 heteroatoms. The number of rotatable bonds is 6. The van der Waals surface area contributed by atoms with E-state index in [0.29, 0.717) is 36.3 Å². The number of benzene rings is 2. The Balaban J connectivity index is 1.38. The van der Waals surface area contributed by atoms with Gasteiger partial charge in [-0.2, -0.15) is 0 Å². The number of hydrogen-bond donors (Lipinski definition) is 2. The van der Waals surface area contributed by atoms with Crippen molar-refractivity contribution in [1.82, 2.24) is 5.32 Å². The minimum atomic E-state index is -0.321. The molecular weight excluding hydrogens is 333 g/mol. The topological polar surface area (TPSA) is 58.6 Å². The summed E-state index contributed by atoms with van der Waals surface area (Å²) < 4.78 is 19.2. The number of amides is 1. The van der Waals surface area contributed by atoms with Crippen molar-refractivity contribution in [2.45, 2.75) is 25.7 Å². The Morgan fingerprint density at radius 2 is 1.69 bits per heavy atom. The van der Waals surface area contributed by atoms with Gasteiger partial charge in [0.2, 0.25) is 0 Å². The predicted octanol–water partition coefficient (Wildman–Crippen LogP) is 4.15. The number of halogens is 1. The fraction of sp³-hybridized carbons (Fsp3) is 0.381. The van der Waals surface area contributed by atoms with E-state index in [9.17, 15) is 14.3 Å². The maximum absolute atomic E-state index is 13.6. The lowest BCUT2D eigenvalue weighted by molar-refractivity contribution is 0.0938. The molecule has 0 aromatic heterocycles.